The van der Waals surface area contributed by atoms with Crippen molar-refractivity contribution in [2.45, 2.75) is 23.4 Å². The summed E-state index contributed by atoms with van der Waals surface area (Å²) in [6, 6.07) is 8.94. The molecule has 1 saturated carbocycles. The average molecular weight is 508 g/mol. The van der Waals surface area contributed by atoms with Gasteiger partial charge in [-0.15, -0.1) is 10.2 Å². The molecular weight excluding hydrogens is 484 g/mol. The first kappa shape index (κ1) is 20.5. The van der Waals surface area contributed by atoms with E-state index in [0.717, 1.165) is 45.7 Å². The topological polar surface area (TPSA) is 51.8 Å². The summed E-state index contributed by atoms with van der Waals surface area (Å²) in [4.78, 5) is 2.63. The van der Waals surface area contributed by atoms with E-state index in [1.807, 2.05) is 18.7 Å². The van der Waals surface area contributed by atoms with Crippen LogP contribution in [0, 0.1) is 5.92 Å². The zero-order valence-corrected chi connectivity index (χ0v) is 20.2. The molecule has 1 saturated heterocycles. The molecule has 1 aliphatic heterocycles. The van der Waals surface area contributed by atoms with Crippen molar-refractivity contribution < 1.29 is 0 Å². The van der Waals surface area contributed by atoms with E-state index in [1.54, 1.807) is 22.6 Å². The lowest BCUT2D eigenvalue weighted by molar-refractivity contribution is 0.299. The molecule has 30 heavy (non-hydrogen) atoms. The second kappa shape index (κ2) is 7.97. The van der Waals surface area contributed by atoms with Crippen molar-refractivity contribution in [3.05, 3.63) is 45.7 Å². The summed E-state index contributed by atoms with van der Waals surface area (Å²) < 4.78 is 4.80. The van der Waals surface area contributed by atoms with Crippen LogP contribution in [-0.4, -0.2) is 54.8 Å². The van der Waals surface area contributed by atoms with E-state index in [2.05, 4.69) is 60.4 Å². The number of thioether (sulfide) groups is 1. The number of hydrogen-bond acceptors (Lipinski definition) is 5. The van der Waals surface area contributed by atoms with Gasteiger partial charge in [0.25, 0.3) is 0 Å². The van der Waals surface area contributed by atoms with Crippen LogP contribution in [0.25, 0.3) is 11.4 Å². The molecular formula is C21H24BrClN6S. The summed E-state index contributed by atoms with van der Waals surface area (Å²) in [6.07, 6.45) is 4.23. The fraction of sp³-hybridized carbons (Fsp3) is 0.476. The van der Waals surface area contributed by atoms with Crippen LogP contribution in [-0.2, 0) is 19.5 Å². The van der Waals surface area contributed by atoms with Crippen molar-refractivity contribution in [1.82, 2.24) is 29.4 Å². The molecule has 0 amide bonds. The van der Waals surface area contributed by atoms with Gasteiger partial charge in [-0.1, -0.05) is 51.4 Å². The smallest absolute Gasteiger partial charge is 0.191 e. The highest BCUT2D eigenvalue weighted by Crippen LogP contribution is 2.59. The highest BCUT2D eigenvalue weighted by Gasteiger charge is 2.60. The van der Waals surface area contributed by atoms with Crippen molar-refractivity contribution in [3.8, 4) is 11.4 Å². The Bertz CT molecular complexity index is 1060. The third kappa shape index (κ3) is 3.61. The average Bonchev–Trinajstić information content (AvgIpc) is 2.98. The molecule has 0 radical (unpaired) electrons. The molecule has 0 N–H and O–H groups in total. The van der Waals surface area contributed by atoms with Gasteiger partial charge in [-0.2, -0.15) is 5.10 Å². The lowest BCUT2D eigenvalue weighted by Gasteiger charge is -2.21. The molecule has 1 aliphatic carbocycles. The summed E-state index contributed by atoms with van der Waals surface area (Å²) in [5, 5.41) is 14.4. The zero-order valence-electron chi connectivity index (χ0n) is 17.1. The maximum absolute atomic E-state index is 6.31. The maximum Gasteiger partial charge on any atom is 0.191 e. The SMILES string of the molecule is Cn1ncc(-c2nnc(SCCCN3C[C@H]4C[C@]4(c4ccc(Br)cc4)C3)n2C)c1Cl. The highest BCUT2D eigenvalue weighted by atomic mass is 79.9. The van der Waals surface area contributed by atoms with Gasteiger partial charge in [-0.05, 0) is 43.0 Å². The molecule has 3 heterocycles. The number of hydrogen-bond donors (Lipinski definition) is 0. The quantitative estimate of drug-likeness (QED) is 0.351. The molecule has 2 fully saturated rings. The van der Waals surface area contributed by atoms with E-state index in [9.17, 15) is 0 Å². The Morgan fingerprint density at radius 3 is 2.77 bits per heavy atom. The minimum Gasteiger partial charge on any atom is -0.305 e. The number of aromatic nitrogens is 5. The van der Waals surface area contributed by atoms with Crippen LogP contribution >= 0.6 is 39.3 Å². The molecule has 158 valence electrons. The number of piperidine rings is 1. The first-order valence-electron chi connectivity index (χ1n) is 10.2. The van der Waals surface area contributed by atoms with Gasteiger partial charge in [0, 0.05) is 42.8 Å². The predicted molar refractivity (Wildman–Crippen MR) is 124 cm³/mol. The summed E-state index contributed by atoms with van der Waals surface area (Å²) in [5.41, 5.74) is 2.73. The number of fused-ring (bicyclic) bond motifs is 1. The van der Waals surface area contributed by atoms with Crippen LogP contribution in [0.2, 0.25) is 5.15 Å². The molecule has 6 nitrogen and oxygen atoms in total. The third-order valence-corrected chi connectivity index (χ3v) is 8.51. The van der Waals surface area contributed by atoms with Gasteiger partial charge in [-0.3, -0.25) is 4.68 Å². The molecule has 1 aromatic carbocycles. The zero-order chi connectivity index (χ0) is 20.9. The summed E-state index contributed by atoms with van der Waals surface area (Å²) in [7, 11) is 3.80. The molecule has 0 unspecified atom stereocenters. The van der Waals surface area contributed by atoms with E-state index in [-0.39, 0.29) is 0 Å². The van der Waals surface area contributed by atoms with Gasteiger partial charge in [0.15, 0.2) is 11.0 Å². The molecule has 5 rings (SSSR count). The summed E-state index contributed by atoms with van der Waals surface area (Å²) in [5.74, 6) is 2.61. The monoisotopic (exact) mass is 506 g/mol. The van der Waals surface area contributed by atoms with Gasteiger partial charge < -0.3 is 9.47 Å². The fourth-order valence-corrected chi connectivity index (χ4v) is 5.96. The number of aryl methyl sites for hydroxylation is 1. The van der Waals surface area contributed by atoms with E-state index >= 15 is 0 Å². The molecule has 0 spiro atoms. The van der Waals surface area contributed by atoms with Crippen LogP contribution in [0.15, 0.2) is 40.1 Å². The number of halogens is 2. The summed E-state index contributed by atoms with van der Waals surface area (Å²) in [6.45, 7) is 3.56. The Morgan fingerprint density at radius 2 is 2.03 bits per heavy atom. The second-order valence-electron chi connectivity index (χ2n) is 8.34. The van der Waals surface area contributed by atoms with Crippen molar-refractivity contribution in [2.24, 2.45) is 20.0 Å². The largest absolute Gasteiger partial charge is 0.305 e. The van der Waals surface area contributed by atoms with Gasteiger partial charge in [0.2, 0.25) is 0 Å². The Morgan fingerprint density at radius 1 is 1.23 bits per heavy atom. The first-order chi connectivity index (χ1) is 14.5. The fourth-order valence-electron chi connectivity index (χ4n) is 4.69. The molecule has 2 aromatic heterocycles. The van der Waals surface area contributed by atoms with E-state index in [4.69, 9.17) is 11.6 Å². The van der Waals surface area contributed by atoms with Crippen LogP contribution in [0.5, 0.6) is 0 Å². The van der Waals surface area contributed by atoms with Crippen LogP contribution in [0.1, 0.15) is 18.4 Å². The third-order valence-electron chi connectivity index (χ3n) is 6.43. The van der Waals surface area contributed by atoms with Crippen LogP contribution in [0.4, 0.5) is 0 Å². The molecule has 3 aromatic rings. The van der Waals surface area contributed by atoms with E-state index < -0.39 is 0 Å². The second-order valence-corrected chi connectivity index (χ2v) is 10.7. The normalized spacial score (nSPS) is 23.1. The highest BCUT2D eigenvalue weighted by molar-refractivity contribution is 9.10. The number of benzene rings is 1. The molecule has 2 atom stereocenters. The van der Waals surface area contributed by atoms with E-state index in [1.165, 1.54) is 25.1 Å². The van der Waals surface area contributed by atoms with Gasteiger partial charge in [0.05, 0.1) is 11.8 Å². The lowest BCUT2D eigenvalue weighted by Crippen LogP contribution is -2.27. The first-order valence-corrected chi connectivity index (χ1v) is 12.3. The molecule has 9 heteroatoms. The minimum absolute atomic E-state index is 0.412. The number of nitrogens with zero attached hydrogens (tertiary/aromatic N) is 6. The number of likely N-dealkylation sites (tertiary alicyclic amines) is 1. The van der Waals surface area contributed by atoms with Crippen LogP contribution in [0.3, 0.4) is 0 Å². The van der Waals surface area contributed by atoms with Crippen LogP contribution < -0.4 is 0 Å². The van der Waals surface area contributed by atoms with Gasteiger partial charge in [0.1, 0.15) is 5.15 Å². The van der Waals surface area contributed by atoms with Gasteiger partial charge >= 0.3 is 0 Å². The Kier molecular flexibility index (Phi) is 5.46. The van der Waals surface area contributed by atoms with Crippen molar-refractivity contribution in [2.75, 3.05) is 25.4 Å². The van der Waals surface area contributed by atoms with Gasteiger partial charge in [-0.25, -0.2) is 0 Å². The molecule has 0 bridgehead atoms. The lowest BCUT2D eigenvalue weighted by atomic mass is 9.95. The van der Waals surface area contributed by atoms with Crippen molar-refractivity contribution in [1.29, 1.82) is 0 Å². The number of rotatable bonds is 7. The Labute approximate surface area is 194 Å². The minimum atomic E-state index is 0.412. The summed E-state index contributed by atoms with van der Waals surface area (Å²) >= 11 is 11.6. The maximum atomic E-state index is 6.31. The standard InChI is InChI=1S/C21H24BrClN6S/c1-27-19(17-11-24-28(2)18(17)23)25-26-20(27)30-9-3-8-29-12-15-10-21(15,13-29)14-4-6-16(22)7-5-14/h4-7,11,15H,3,8-10,12-13H2,1-2H3/t15-,21-/m1/s1. The van der Waals surface area contributed by atoms with Crippen molar-refractivity contribution in [3.63, 3.8) is 0 Å². The predicted octanol–water partition coefficient (Wildman–Crippen LogP) is 4.39. The van der Waals surface area contributed by atoms with E-state index in [0.29, 0.717) is 10.6 Å². The Balaban J connectivity index is 1.13. The Hall–Kier alpha value is -1.35. The molecule has 2 aliphatic rings. The van der Waals surface area contributed by atoms with Crippen molar-refractivity contribution >= 4 is 39.3 Å².